The maximum Gasteiger partial charge on any atom is 0.224 e. The van der Waals surface area contributed by atoms with Crippen LogP contribution in [0.4, 0.5) is 0 Å². The van der Waals surface area contributed by atoms with Crippen molar-refractivity contribution >= 4 is 5.91 Å². The van der Waals surface area contributed by atoms with Gasteiger partial charge in [-0.25, -0.2) is 4.68 Å². The highest BCUT2D eigenvalue weighted by Gasteiger charge is 2.26. The van der Waals surface area contributed by atoms with E-state index >= 15 is 0 Å². The number of likely N-dealkylation sites (tertiary alicyclic amines) is 1. The van der Waals surface area contributed by atoms with Gasteiger partial charge in [-0.15, -0.1) is 5.10 Å². The van der Waals surface area contributed by atoms with Crippen LogP contribution in [0.25, 0.3) is 0 Å². The third-order valence-electron chi connectivity index (χ3n) is 5.76. The first-order valence-corrected chi connectivity index (χ1v) is 10.7. The Morgan fingerprint density at radius 2 is 2.13 bits per heavy atom. The van der Waals surface area contributed by atoms with Crippen LogP contribution in [0.5, 0.6) is 5.75 Å². The number of aryl methyl sites for hydroxylation is 2. The lowest BCUT2D eigenvalue weighted by molar-refractivity contribution is -0.132. The van der Waals surface area contributed by atoms with E-state index in [4.69, 9.17) is 9.72 Å². The second-order valence-electron chi connectivity index (χ2n) is 8.03. The van der Waals surface area contributed by atoms with E-state index in [1.807, 2.05) is 30.0 Å². The van der Waals surface area contributed by atoms with E-state index < -0.39 is 0 Å². The predicted molar refractivity (Wildman–Crippen MR) is 116 cm³/mol. The van der Waals surface area contributed by atoms with Crippen molar-refractivity contribution in [2.45, 2.75) is 45.1 Å². The normalized spacial score (nSPS) is 16.3. The minimum absolute atomic E-state index is 0.141. The number of benzene rings is 1. The number of methoxy groups -OCH3 is 1. The fourth-order valence-electron chi connectivity index (χ4n) is 4.24. The molecule has 8 heteroatoms. The van der Waals surface area contributed by atoms with Crippen molar-refractivity contribution in [2.75, 3.05) is 20.2 Å². The van der Waals surface area contributed by atoms with Crippen LogP contribution in [-0.2, 0) is 17.8 Å². The topological polar surface area (TPSA) is 86.0 Å². The Hall–Kier alpha value is -3.29. The van der Waals surface area contributed by atoms with Crippen LogP contribution in [0.2, 0.25) is 0 Å². The first-order chi connectivity index (χ1) is 15.1. The number of piperidine rings is 1. The van der Waals surface area contributed by atoms with Crippen LogP contribution < -0.4 is 4.74 Å². The van der Waals surface area contributed by atoms with Gasteiger partial charge in [-0.05, 0) is 59.5 Å². The van der Waals surface area contributed by atoms with Crippen molar-refractivity contribution in [1.29, 1.82) is 0 Å². The van der Waals surface area contributed by atoms with E-state index in [-0.39, 0.29) is 11.8 Å². The van der Waals surface area contributed by atoms with Crippen LogP contribution in [0, 0.1) is 6.92 Å². The van der Waals surface area contributed by atoms with Crippen LogP contribution >= 0.6 is 0 Å². The number of amides is 1. The lowest BCUT2D eigenvalue weighted by atomic mass is 9.92. The van der Waals surface area contributed by atoms with Gasteiger partial charge in [0, 0.05) is 43.2 Å². The molecule has 1 amide bonds. The molecule has 0 radical (unpaired) electrons. The van der Waals surface area contributed by atoms with Crippen molar-refractivity contribution in [3.8, 4) is 5.75 Å². The Kier molecular flexibility index (Phi) is 6.54. The molecule has 0 aliphatic carbocycles. The first-order valence-electron chi connectivity index (χ1n) is 10.7. The van der Waals surface area contributed by atoms with Gasteiger partial charge in [-0.2, -0.15) is 0 Å². The number of tetrazole rings is 1. The minimum atomic E-state index is 0.141. The monoisotopic (exact) mass is 420 g/mol. The summed E-state index contributed by atoms with van der Waals surface area (Å²) in [5.74, 6) is 1.29. The summed E-state index contributed by atoms with van der Waals surface area (Å²) in [6, 6.07) is 12.4. The molecule has 8 nitrogen and oxygen atoms in total. The van der Waals surface area contributed by atoms with E-state index in [0.717, 1.165) is 48.5 Å². The summed E-state index contributed by atoms with van der Waals surface area (Å²) in [6.45, 7) is 4.04. The van der Waals surface area contributed by atoms with Gasteiger partial charge in [-0.1, -0.05) is 18.2 Å². The Morgan fingerprint density at radius 3 is 2.94 bits per heavy atom. The number of hydrogen-bond donors (Lipinski definition) is 0. The highest BCUT2D eigenvalue weighted by atomic mass is 16.5. The van der Waals surface area contributed by atoms with Crippen LogP contribution in [-0.4, -0.2) is 56.2 Å². The molecule has 3 aromatic rings. The number of aromatic nitrogens is 5. The molecule has 0 saturated carbocycles. The predicted octanol–water partition coefficient (Wildman–Crippen LogP) is 2.77. The van der Waals surface area contributed by atoms with Gasteiger partial charge in [0.2, 0.25) is 5.91 Å². The third kappa shape index (κ3) is 5.25. The Bertz CT molecular complexity index is 1020. The van der Waals surface area contributed by atoms with Crippen molar-refractivity contribution in [2.24, 2.45) is 0 Å². The Balaban J connectivity index is 1.45. The largest absolute Gasteiger partial charge is 0.496 e. The zero-order chi connectivity index (χ0) is 21.6. The zero-order valence-corrected chi connectivity index (χ0v) is 18.1. The number of ether oxygens (including phenoxy) is 1. The molecule has 1 aromatic carbocycles. The number of rotatable bonds is 7. The molecule has 0 spiro atoms. The molecule has 1 saturated heterocycles. The fraction of sp³-hybridized carbons (Fsp3) is 0.435. The number of carbonyl (C=O) groups excluding carboxylic acids is 1. The van der Waals surface area contributed by atoms with E-state index in [0.29, 0.717) is 19.5 Å². The molecule has 1 atom stereocenters. The Morgan fingerprint density at radius 1 is 1.26 bits per heavy atom. The van der Waals surface area contributed by atoms with Crippen molar-refractivity contribution in [3.63, 3.8) is 0 Å². The first kappa shape index (κ1) is 21.0. The Labute approximate surface area is 182 Å². The fourth-order valence-corrected chi connectivity index (χ4v) is 4.24. The number of nitrogens with zero attached hydrogens (tertiary/aromatic N) is 6. The smallest absolute Gasteiger partial charge is 0.224 e. The summed E-state index contributed by atoms with van der Waals surface area (Å²) in [6.07, 6.45) is 4.76. The highest BCUT2D eigenvalue weighted by Crippen LogP contribution is 2.28. The molecule has 2 aromatic heterocycles. The number of carbonyl (C=O) groups is 1. The quantitative estimate of drug-likeness (QED) is 0.584. The third-order valence-corrected chi connectivity index (χ3v) is 5.76. The molecule has 0 N–H and O–H groups in total. The maximum absolute atomic E-state index is 12.7. The van der Waals surface area contributed by atoms with Crippen molar-refractivity contribution < 1.29 is 9.53 Å². The SMILES string of the molecule is COc1ccccc1Cc1cc(C)nc(C2CCCN(C(=O)CCn3cnnn3)C2)c1. The summed E-state index contributed by atoms with van der Waals surface area (Å²) in [4.78, 5) is 19.5. The molecular weight excluding hydrogens is 392 g/mol. The van der Waals surface area contributed by atoms with E-state index in [1.54, 1.807) is 11.8 Å². The molecule has 162 valence electrons. The van der Waals surface area contributed by atoms with Crippen molar-refractivity contribution in [1.82, 2.24) is 30.1 Å². The average Bonchev–Trinajstić information content (AvgIpc) is 3.31. The summed E-state index contributed by atoms with van der Waals surface area (Å²) in [5, 5.41) is 11.1. The molecular formula is C23H28N6O2. The number of para-hydroxylation sites is 1. The second-order valence-corrected chi connectivity index (χ2v) is 8.03. The van der Waals surface area contributed by atoms with Gasteiger partial charge in [0.15, 0.2) is 0 Å². The van der Waals surface area contributed by atoms with Gasteiger partial charge in [0.25, 0.3) is 0 Å². The van der Waals surface area contributed by atoms with Crippen LogP contribution in [0.15, 0.2) is 42.7 Å². The summed E-state index contributed by atoms with van der Waals surface area (Å²) in [5.41, 5.74) is 4.45. The molecule has 4 rings (SSSR count). The van der Waals surface area contributed by atoms with E-state index in [1.165, 1.54) is 11.9 Å². The zero-order valence-electron chi connectivity index (χ0n) is 18.1. The number of hydrogen-bond acceptors (Lipinski definition) is 6. The van der Waals surface area contributed by atoms with E-state index in [9.17, 15) is 4.79 Å². The van der Waals surface area contributed by atoms with Gasteiger partial charge in [0.1, 0.15) is 12.1 Å². The maximum atomic E-state index is 12.7. The van der Waals surface area contributed by atoms with Gasteiger partial charge >= 0.3 is 0 Å². The van der Waals surface area contributed by atoms with Crippen molar-refractivity contribution in [3.05, 3.63) is 65.2 Å². The molecule has 1 fully saturated rings. The van der Waals surface area contributed by atoms with Crippen LogP contribution in [0.3, 0.4) is 0 Å². The molecule has 1 aliphatic heterocycles. The second kappa shape index (κ2) is 9.68. The van der Waals surface area contributed by atoms with Gasteiger partial charge < -0.3 is 9.64 Å². The molecule has 1 aliphatic rings. The molecule has 3 heterocycles. The molecule has 1 unspecified atom stereocenters. The summed E-state index contributed by atoms with van der Waals surface area (Å²) >= 11 is 0. The lowest BCUT2D eigenvalue weighted by Crippen LogP contribution is -2.39. The van der Waals surface area contributed by atoms with Gasteiger partial charge in [0.05, 0.1) is 13.7 Å². The lowest BCUT2D eigenvalue weighted by Gasteiger charge is -2.33. The number of pyridine rings is 1. The summed E-state index contributed by atoms with van der Waals surface area (Å²) < 4.78 is 7.10. The minimum Gasteiger partial charge on any atom is -0.496 e. The average molecular weight is 421 g/mol. The standard InChI is InChI=1S/C23H28N6O2/c1-17-12-18(13-19-6-3-4-8-22(19)31-2)14-21(25-17)20-7-5-10-28(15-20)23(30)9-11-29-16-24-26-27-29/h3-4,6,8,12,14,16,20H,5,7,9-11,13,15H2,1-2H3. The van der Waals surface area contributed by atoms with Gasteiger partial charge in [-0.3, -0.25) is 9.78 Å². The van der Waals surface area contributed by atoms with E-state index in [2.05, 4.69) is 33.7 Å². The molecule has 0 bridgehead atoms. The summed E-state index contributed by atoms with van der Waals surface area (Å²) in [7, 11) is 1.70. The molecule has 31 heavy (non-hydrogen) atoms. The highest BCUT2D eigenvalue weighted by molar-refractivity contribution is 5.76. The van der Waals surface area contributed by atoms with Crippen LogP contribution in [0.1, 0.15) is 47.7 Å².